The van der Waals surface area contributed by atoms with Gasteiger partial charge < -0.3 is 20.1 Å². The van der Waals surface area contributed by atoms with Crippen LogP contribution >= 0.6 is 0 Å². The molecule has 0 bridgehead atoms. The van der Waals surface area contributed by atoms with Gasteiger partial charge in [0.05, 0.1) is 12.6 Å². The number of carbonyl (C=O) groups excluding carboxylic acids is 1. The summed E-state index contributed by atoms with van der Waals surface area (Å²) in [6, 6.07) is -1.36. The predicted molar refractivity (Wildman–Crippen MR) is 68.5 cm³/mol. The lowest BCUT2D eigenvalue weighted by atomic mass is 10.0. The van der Waals surface area contributed by atoms with Crippen LogP contribution in [0.15, 0.2) is 0 Å². The maximum Gasteiger partial charge on any atom is 0.326 e. The maximum absolute atomic E-state index is 11.9. The summed E-state index contributed by atoms with van der Waals surface area (Å²) in [4.78, 5) is 24.3. The molecule has 6 nitrogen and oxygen atoms in total. The minimum absolute atomic E-state index is 0.108. The standard InChI is InChI=1S/C12H24N2O4/c1-8(2)6-10(11(15)16)13-12(17)14(4)9(3)7-18-5/h8-10H,6-7H2,1-5H3,(H,13,17)(H,15,16). The van der Waals surface area contributed by atoms with Crippen molar-refractivity contribution in [3.05, 3.63) is 0 Å². The highest BCUT2D eigenvalue weighted by Crippen LogP contribution is 2.06. The molecule has 0 aromatic heterocycles. The molecule has 0 saturated carbocycles. The van der Waals surface area contributed by atoms with Crippen LogP contribution in [0.3, 0.4) is 0 Å². The van der Waals surface area contributed by atoms with E-state index < -0.39 is 18.0 Å². The molecule has 0 radical (unpaired) electrons. The van der Waals surface area contributed by atoms with Crippen molar-refractivity contribution >= 4 is 12.0 Å². The number of hydrogen-bond donors (Lipinski definition) is 2. The first-order valence-corrected chi connectivity index (χ1v) is 6.04. The minimum Gasteiger partial charge on any atom is -0.480 e. The zero-order valence-corrected chi connectivity index (χ0v) is 11.8. The lowest BCUT2D eigenvalue weighted by Crippen LogP contribution is -2.50. The number of carboxylic acid groups (broad SMARTS) is 1. The number of ether oxygens (including phenoxy) is 1. The van der Waals surface area contributed by atoms with Gasteiger partial charge >= 0.3 is 12.0 Å². The fourth-order valence-corrected chi connectivity index (χ4v) is 1.50. The SMILES string of the molecule is COCC(C)N(C)C(=O)NC(CC(C)C)C(=O)O. The van der Waals surface area contributed by atoms with E-state index >= 15 is 0 Å². The monoisotopic (exact) mass is 260 g/mol. The van der Waals surface area contributed by atoms with Crippen LogP contribution in [0.1, 0.15) is 27.2 Å². The fourth-order valence-electron chi connectivity index (χ4n) is 1.50. The number of methoxy groups -OCH3 is 1. The molecule has 6 heteroatoms. The van der Waals surface area contributed by atoms with E-state index in [0.29, 0.717) is 13.0 Å². The number of rotatable bonds is 7. The average Bonchev–Trinajstić information content (AvgIpc) is 2.26. The molecule has 0 aromatic carbocycles. The molecule has 106 valence electrons. The Morgan fingerprint density at radius 2 is 1.89 bits per heavy atom. The molecule has 0 aliphatic heterocycles. The number of carboxylic acids is 1. The Kier molecular flexibility index (Phi) is 7.35. The molecule has 0 rings (SSSR count). The number of aliphatic carboxylic acids is 1. The Bertz CT molecular complexity index is 281. The predicted octanol–water partition coefficient (Wildman–Crippen LogP) is 1.16. The second kappa shape index (κ2) is 7.92. The summed E-state index contributed by atoms with van der Waals surface area (Å²) < 4.78 is 4.95. The molecule has 2 N–H and O–H groups in total. The van der Waals surface area contributed by atoms with Crippen molar-refractivity contribution in [2.24, 2.45) is 5.92 Å². The molecule has 0 aromatic rings. The second-order valence-electron chi connectivity index (χ2n) is 4.89. The first-order valence-electron chi connectivity index (χ1n) is 6.04. The van der Waals surface area contributed by atoms with Gasteiger partial charge in [-0.3, -0.25) is 0 Å². The molecule has 0 aliphatic carbocycles. The van der Waals surface area contributed by atoms with Crippen LogP contribution in [-0.2, 0) is 9.53 Å². The van der Waals surface area contributed by atoms with Gasteiger partial charge in [0, 0.05) is 14.2 Å². The number of likely N-dealkylation sites (N-methyl/N-ethyl adjacent to an activating group) is 1. The van der Waals surface area contributed by atoms with Crippen LogP contribution in [0, 0.1) is 5.92 Å². The maximum atomic E-state index is 11.9. The van der Waals surface area contributed by atoms with E-state index in [2.05, 4.69) is 5.32 Å². The van der Waals surface area contributed by atoms with Crippen LogP contribution in [0.25, 0.3) is 0 Å². The van der Waals surface area contributed by atoms with E-state index in [0.717, 1.165) is 0 Å². The van der Waals surface area contributed by atoms with Crippen molar-refractivity contribution in [2.75, 3.05) is 20.8 Å². The Morgan fingerprint density at radius 1 is 1.33 bits per heavy atom. The molecule has 2 atom stereocenters. The van der Waals surface area contributed by atoms with Gasteiger partial charge in [-0.1, -0.05) is 13.8 Å². The molecule has 2 amide bonds. The van der Waals surface area contributed by atoms with Gasteiger partial charge in [0.15, 0.2) is 0 Å². The van der Waals surface area contributed by atoms with E-state index in [1.165, 1.54) is 4.90 Å². The summed E-state index contributed by atoms with van der Waals surface area (Å²) >= 11 is 0. The van der Waals surface area contributed by atoms with E-state index in [-0.39, 0.29) is 12.0 Å². The van der Waals surface area contributed by atoms with E-state index in [1.807, 2.05) is 20.8 Å². The lowest BCUT2D eigenvalue weighted by Gasteiger charge is -2.26. The van der Waals surface area contributed by atoms with Gasteiger partial charge in [-0.25, -0.2) is 9.59 Å². The third-order valence-electron chi connectivity index (χ3n) is 2.69. The van der Waals surface area contributed by atoms with Crippen molar-refractivity contribution < 1.29 is 19.4 Å². The lowest BCUT2D eigenvalue weighted by molar-refractivity contribution is -0.139. The van der Waals surface area contributed by atoms with E-state index in [9.17, 15) is 9.59 Å². The number of urea groups is 1. The molecule has 0 fully saturated rings. The van der Waals surface area contributed by atoms with Crippen molar-refractivity contribution in [2.45, 2.75) is 39.3 Å². The Balaban J connectivity index is 4.45. The number of hydrogen-bond acceptors (Lipinski definition) is 3. The van der Waals surface area contributed by atoms with Crippen molar-refractivity contribution in [3.8, 4) is 0 Å². The van der Waals surface area contributed by atoms with Gasteiger partial charge in [-0.15, -0.1) is 0 Å². The van der Waals surface area contributed by atoms with Crippen LogP contribution in [0.4, 0.5) is 4.79 Å². The number of amides is 2. The number of nitrogens with one attached hydrogen (secondary N) is 1. The van der Waals surface area contributed by atoms with E-state index in [4.69, 9.17) is 9.84 Å². The molecule has 2 unspecified atom stereocenters. The smallest absolute Gasteiger partial charge is 0.326 e. The van der Waals surface area contributed by atoms with Crippen molar-refractivity contribution in [3.63, 3.8) is 0 Å². The van der Waals surface area contributed by atoms with Crippen molar-refractivity contribution in [1.29, 1.82) is 0 Å². The molecule has 18 heavy (non-hydrogen) atoms. The second-order valence-corrected chi connectivity index (χ2v) is 4.89. The summed E-state index contributed by atoms with van der Waals surface area (Å²) in [5, 5.41) is 11.6. The van der Waals surface area contributed by atoms with Crippen LogP contribution in [0.2, 0.25) is 0 Å². The van der Waals surface area contributed by atoms with Crippen LogP contribution in [-0.4, -0.2) is 54.9 Å². The van der Waals surface area contributed by atoms with Crippen molar-refractivity contribution in [1.82, 2.24) is 10.2 Å². The zero-order chi connectivity index (χ0) is 14.3. The van der Waals surface area contributed by atoms with Gasteiger partial charge in [0.2, 0.25) is 0 Å². The van der Waals surface area contributed by atoms with Gasteiger partial charge in [0.1, 0.15) is 6.04 Å². The average molecular weight is 260 g/mol. The molecule has 0 heterocycles. The number of carbonyl (C=O) groups is 2. The highest BCUT2D eigenvalue weighted by atomic mass is 16.5. The van der Waals surface area contributed by atoms with Crippen LogP contribution < -0.4 is 5.32 Å². The van der Waals surface area contributed by atoms with Gasteiger partial charge in [-0.2, -0.15) is 0 Å². The largest absolute Gasteiger partial charge is 0.480 e. The van der Waals surface area contributed by atoms with Gasteiger partial charge in [0.25, 0.3) is 0 Å². The summed E-state index contributed by atoms with van der Waals surface area (Å²) in [6.45, 7) is 6.08. The first-order chi connectivity index (χ1) is 8.29. The highest BCUT2D eigenvalue weighted by molar-refractivity contribution is 5.82. The Morgan fingerprint density at radius 3 is 2.28 bits per heavy atom. The van der Waals surface area contributed by atoms with Gasteiger partial charge in [-0.05, 0) is 19.3 Å². The topological polar surface area (TPSA) is 78.9 Å². The molecule has 0 saturated heterocycles. The minimum atomic E-state index is -1.01. The fraction of sp³-hybridized carbons (Fsp3) is 0.833. The third kappa shape index (κ3) is 5.86. The zero-order valence-electron chi connectivity index (χ0n) is 11.8. The van der Waals surface area contributed by atoms with E-state index in [1.54, 1.807) is 14.2 Å². The molecular formula is C12H24N2O4. The summed E-state index contributed by atoms with van der Waals surface area (Å²) in [6.07, 6.45) is 0.410. The first kappa shape index (κ1) is 16.7. The third-order valence-corrected chi connectivity index (χ3v) is 2.69. The normalized spacial score (nSPS) is 14.1. The Hall–Kier alpha value is -1.30. The molecule has 0 aliphatic rings. The molecule has 0 spiro atoms. The molecular weight excluding hydrogens is 236 g/mol. The highest BCUT2D eigenvalue weighted by Gasteiger charge is 2.24. The summed E-state index contributed by atoms with van der Waals surface area (Å²) in [7, 11) is 3.17. The summed E-state index contributed by atoms with van der Waals surface area (Å²) in [5.41, 5.74) is 0. The quantitative estimate of drug-likeness (QED) is 0.720. The summed E-state index contributed by atoms with van der Waals surface area (Å²) in [5.74, 6) is -0.807. The van der Waals surface area contributed by atoms with Crippen LogP contribution in [0.5, 0.6) is 0 Å². The Labute approximate surface area is 108 Å². The number of nitrogens with zero attached hydrogens (tertiary/aromatic N) is 1.